The zero-order valence-electron chi connectivity index (χ0n) is 12.7. The summed E-state index contributed by atoms with van der Waals surface area (Å²) in [5, 5.41) is 1.86. The first-order chi connectivity index (χ1) is 11.3. The van der Waals surface area contributed by atoms with E-state index in [4.69, 9.17) is 23.3 Å². The van der Waals surface area contributed by atoms with Crippen LogP contribution in [-0.2, 0) is 15.2 Å². The van der Waals surface area contributed by atoms with Gasteiger partial charge in [-0.1, -0.05) is 36.4 Å². The molecule has 1 aliphatic heterocycles. The van der Waals surface area contributed by atoms with Crippen molar-refractivity contribution in [3.8, 4) is 0 Å². The third-order valence-electron chi connectivity index (χ3n) is 2.69. The standard InChI is InChI=1S/C9H10N2O.C6H7N.H2O4S/c12-9-6-7-11(10-9)8-4-2-1-3-5-8;7-6-4-2-1-3-5-6;1-5(2,3)4/h1-5H,6-7H2,(H,10,12);1-5H,7H2;(H2,1,2,3,4). The van der Waals surface area contributed by atoms with Crippen molar-refractivity contribution >= 4 is 27.7 Å². The van der Waals surface area contributed by atoms with Gasteiger partial charge in [0.05, 0.1) is 5.69 Å². The van der Waals surface area contributed by atoms with Gasteiger partial charge in [0.1, 0.15) is 0 Å². The van der Waals surface area contributed by atoms with Gasteiger partial charge in [0.2, 0.25) is 5.91 Å². The number of hydrazine groups is 1. The lowest BCUT2D eigenvalue weighted by Crippen LogP contribution is -2.32. The molecule has 24 heavy (non-hydrogen) atoms. The summed E-state index contributed by atoms with van der Waals surface area (Å²) in [6, 6.07) is 19.3. The molecule has 0 aromatic heterocycles. The molecule has 1 saturated heterocycles. The van der Waals surface area contributed by atoms with Crippen molar-refractivity contribution in [3.05, 3.63) is 60.7 Å². The Morgan fingerprint density at radius 2 is 1.42 bits per heavy atom. The molecule has 130 valence electrons. The van der Waals surface area contributed by atoms with Gasteiger partial charge in [-0.25, -0.2) is 0 Å². The second-order valence-corrected chi connectivity index (χ2v) is 5.53. The third-order valence-corrected chi connectivity index (χ3v) is 2.69. The topological polar surface area (TPSA) is 133 Å². The molecule has 1 fully saturated rings. The molecule has 0 bridgehead atoms. The fourth-order valence-electron chi connectivity index (χ4n) is 1.73. The van der Waals surface area contributed by atoms with Crippen LogP contribution >= 0.6 is 0 Å². The first-order valence-corrected chi connectivity index (χ1v) is 8.28. The number of amides is 1. The molecule has 0 aliphatic carbocycles. The van der Waals surface area contributed by atoms with E-state index < -0.39 is 10.4 Å². The van der Waals surface area contributed by atoms with Gasteiger partial charge in [-0.05, 0) is 24.3 Å². The molecule has 0 spiro atoms. The molecule has 1 aliphatic rings. The van der Waals surface area contributed by atoms with Crippen LogP contribution in [0.4, 0.5) is 11.4 Å². The van der Waals surface area contributed by atoms with E-state index in [2.05, 4.69) is 5.43 Å². The van der Waals surface area contributed by atoms with E-state index in [-0.39, 0.29) is 5.91 Å². The number of nitrogen functional groups attached to an aromatic ring is 1. The van der Waals surface area contributed by atoms with Gasteiger partial charge in [-0.3, -0.25) is 24.3 Å². The Kier molecular flexibility index (Phi) is 7.69. The average Bonchev–Trinajstić information content (AvgIpc) is 2.95. The minimum Gasteiger partial charge on any atom is -0.399 e. The highest BCUT2D eigenvalue weighted by atomic mass is 32.3. The van der Waals surface area contributed by atoms with Crippen LogP contribution in [0, 0.1) is 0 Å². The Balaban J connectivity index is 0.000000205. The molecule has 0 unspecified atom stereocenters. The Hall–Kier alpha value is -2.62. The molecular weight excluding hydrogens is 334 g/mol. The van der Waals surface area contributed by atoms with E-state index in [1.54, 1.807) is 0 Å². The minimum atomic E-state index is -4.67. The van der Waals surface area contributed by atoms with Crippen molar-refractivity contribution in [3.63, 3.8) is 0 Å². The number of carbonyl (C=O) groups is 1. The molecule has 5 N–H and O–H groups in total. The van der Waals surface area contributed by atoms with Crippen molar-refractivity contribution in [1.29, 1.82) is 0 Å². The summed E-state index contributed by atoms with van der Waals surface area (Å²) in [7, 11) is -4.67. The van der Waals surface area contributed by atoms with Crippen LogP contribution in [0.2, 0.25) is 0 Å². The molecule has 3 rings (SSSR count). The van der Waals surface area contributed by atoms with Crippen molar-refractivity contribution < 1.29 is 22.3 Å². The zero-order chi connectivity index (χ0) is 18.0. The summed E-state index contributed by atoms with van der Waals surface area (Å²) in [4.78, 5) is 10.9. The van der Waals surface area contributed by atoms with Crippen LogP contribution in [-0.4, -0.2) is 30.0 Å². The monoisotopic (exact) mass is 353 g/mol. The number of rotatable bonds is 1. The Morgan fingerprint density at radius 1 is 0.958 bits per heavy atom. The van der Waals surface area contributed by atoms with Crippen LogP contribution in [0.15, 0.2) is 60.7 Å². The quantitative estimate of drug-likeness (QED) is 0.451. The van der Waals surface area contributed by atoms with E-state index in [1.165, 1.54) is 0 Å². The molecule has 0 radical (unpaired) electrons. The summed E-state index contributed by atoms with van der Waals surface area (Å²) in [5.41, 5.74) is 9.99. The fourth-order valence-corrected chi connectivity index (χ4v) is 1.73. The Labute approximate surface area is 140 Å². The van der Waals surface area contributed by atoms with Crippen molar-refractivity contribution in [2.45, 2.75) is 6.42 Å². The highest BCUT2D eigenvalue weighted by Crippen LogP contribution is 2.13. The average molecular weight is 353 g/mol. The second-order valence-electron chi connectivity index (χ2n) is 4.63. The predicted octanol–water partition coefficient (Wildman–Crippen LogP) is 1.54. The van der Waals surface area contributed by atoms with E-state index in [0.29, 0.717) is 6.42 Å². The second kappa shape index (κ2) is 9.50. The van der Waals surface area contributed by atoms with Gasteiger partial charge >= 0.3 is 10.4 Å². The van der Waals surface area contributed by atoms with Gasteiger partial charge in [0.25, 0.3) is 0 Å². The predicted molar refractivity (Wildman–Crippen MR) is 91.6 cm³/mol. The largest absolute Gasteiger partial charge is 0.399 e. The van der Waals surface area contributed by atoms with Gasteiger partial charge in [0, 0.05) is 18.7 Å². The van der Waals surface area contributed by atoms with Crippen molar-refractivity contribution in [1.82, 2.24) is 5.43 Å². The molecule has 8 nitrogen and oxygen atoms in total. The van der Waals surface area contributed by atoms with E-state index in [9.17, 15) is 4.79 Å². The summed E-state index contributed by atoms with van der Waals surface area (Å²) in [6.07, 6.45) is 0.592. The van der Waals surface area contributed by atoms with Crippen LogP contribution < -0.4 is 16.2 Å². The number of carbonyl (C=O) groups excluding carboxylic acids is 1. The SMILES string of the molecule is Nc1ccccc1.O=C1CCN(c2ccccc2)N1.O=S(=O)(O)O. The number of anilines is 2. The lowest BCUT2D eigenvalue weighted by Gasteiger charge is -2.16. The van der Waals surface area contributed by atoms with E-state index in [1.807, 2.05) is 65.7 Å². The summed E-state index contributed by atoms with van der Waals surface area (Å²) in [5.74, 6) is 0.0962. The number of para-hydroxylation sites is 2. The zero-order valence-corrected chi connectivity index (χ0v) is 13.6. The highest BCUT2D eigenvalue weighted by Gasteiger charge is 2.17. The third kappa shape index (κ3) is 9.41. The highest BCUT2D eigenvalue weighted by molar-refractivity contribution is 7.79. The maximum atomic E-state index is 10.9. The fraction of sp³-hybridized carbons (Fsp3) is 0.133. The maximum Gasteiger partial charge on any atom is 0.394 e. The van der Waals surface area contributed by atoms with Crippen molar-refractivity contribution in [2.75, 3.05) is 17.3 Å². The van der Waals surface area contributed by atoms with Crippen LogP contribution in [0.5, 0.6) is 0 Å². The normalized spacial score (nSPS) is 13.1. The van der Waals surface area contributed by atoms with Crippen molar-refractivity contribution in [2.24, 2.45) is 0 Å². The lowest BCUT2D eigenvalue weighted by molar-refractivity contribution is -0.119. The lowest BCUT2D eigenvalue weighted by atomic mass is 10.3. The number of hydrogen-bond donors (Lipinski definition) is 4. The van der Waals surface area contributed by atoms with E-state index >= 15 is 0 Å². The molecule has 2 aromatic rings. The molecule has 1 amide bonds. The summed E-state index contributed by atoms with van der Waals surface area (Å²) < 4.78 is 31.6. The Bertz CT molecular complexity index is 715. The first kappa shape index (κ1) is 19.4. The van der Waals surface area contributed by atoms with Gasteiger partial charge in [0.15, 0.2) is 0 Å². The number of benzene rings is 2. The number of nitrogens with zero attached hydrogens (tertiary/aromatic N) is 1. The molecule has 0 atom stereocenters. The van der Waals surface area contributed by atoms with E-state index in [0.717, 1.165) is 17.9 Å². The number of hydrogen-bond acceptors (Lipinski definition) is 5. The smallest absolute Gasteiger partial charge is 0.394 e. The summed E-state index contributed by atoms with van der Waals surface area (Å²) >= 11 is 0. The van der Waals surface area contributed by atoms with Gasteiger partial charge in [-0.2, -0.15) is 8.42 Å². The molecule has 1 heterocycles. The van der Waals surface area contributed by atoms with Gasteiger partial charge < -0.3 is 5.73 Å². The van der Waals surface area contributed by atoms with Crippen LogP contribution in [0.1, 0.15) is 6.42 Å². The molecule has 0 saturated carbocycles. The van der Waals surface area contributed by atoms with Crippen LogP contribution in [0.25, 0.3) is 0 Å². The maximum absolute atomic E-state index is 10.9. The van der Waals surface area contributed by atoms with Gasteiger partial charge in [-0.15, -0.1) is 0 Å². The minimum absolute atomic E-state index is 0.0962. The number of nitrogens with two attached hydrogens (primary N) is 1. The molecular formula is C15H19N3O5S. The molecule has 2 aromatic carbocycles. The first-order valence-electron chi connectivity index (χ1n) is 6.88. The number of nitrogens with one attached hydrogen (secondary N) is 1. The van der Waals surface area contributed by atoms with Crippen LogP contribution in [0.3, 0.4) is 0 Å². The molecule has 9 heteroatoms. The Morgan fingerprint density at radius 3 is 1.75 bits per heavy atom. The summed E-state index contributed by atoms with van der Waals surface area (Å²) in [6.45, 7) is 0.767.